The predicted molar refractivity (Wildman–Crippen MR) is 82.3 cm³/mol. The van der Waals surface area contributed by atoms with Crippen LogP contribution in [0.5, 0.6) is 5.75 Å². The van der Waals surface area contributed by atoms with E-state index in [1.54, 1.807) is 12.1 Å². The van der Waals surface area contributed by atoms with E-state index in [9.17, 15) is 8.42 Å². The SMILES string of the molecule is COc1ccc(N)c(S(=O)(=O)CC2Cc3ccccc32)c1. The summed E-state index contributed by atoms with van der Waals surface area (Å²) in [5.41, 5.74) is 8.45. The van der Waals surface area contributed by atoms with Gasteiger partial charge in [0.2, 0.25) is 0 Å². The summed E-state index contributed by atoms with van der Waals surface area (Å²) in [7, 11) is -1.93. The fourth-order valence-electron chi connectivity index (χ4n) is 2.78. The van der Waals surface area contributed by atoms with Crippen molar-refractivity contribution in [1.82, 2.24) is 0 Å². The molecule has 1 unspecified atom stereocenters. The highest BCUT2D eigenvalue weighted by atomic mass is 32.2. The van der Waals surface area contributed by atoms with E-state index < -0.39 is 9.84 Å². The molecule has 0 aromatic heterocycles. The molecule has 0 radical (unpaired) electrons. The Bertz CT molecular complexity index is 784. The fourth-order valence-corrected chi connectivity index (χ4v) is 4.51. The minimum Gasteiger partial charge on any atom is -0.497 e. The van der Waals surface area contributed by atoms with Gasteiger partial charge in [0.25, 0.3) is 0 Å². The average Bonchev–Trinajstić information content (AvgIpc) is 2.45. The summed E-state index contributed by atoms with van der Waals surface area (Å²) >= 11 is 0. The second kappa shape index (κ2) is 5.07. The van der Waals surface area contributed by atoms with Gasteiger partial charge in [-0.25, -0.2) is 8.42 Å². The van der Waals surface area contributed by atoms with E-state index in [1.807, 2.05) is 24.3 Å². The van der Waals surface area contributed by atoms with Gasteiger partial charge in [-0.05, 0) is 29.7 Å². The molecule has 0 saturated heterocycles. The quantitative estimate of drug-likeness (QED) is 0.881. The largest absolute Gasteiger partial charge is 0.497 e. The molecule has 4 nitrogen and oxygen atoms in total. The number of hydrogen-bond donors (Lipinski definition) is 1. The van der Waals surface area contributed by atoms with E-state index in [1.165, 1.54) is 18.7 Å². The van der Waals surface area contributed by atoms with Crippen LogP contribution in [0, 0.1) is 0 Å². The number of sulfone groups is 1. The number of methoxy groups -OCH3 is 1. The first kappa shape index (κ1) is 13.9. The molecule has 0 spiro atoms. The van der Waals surface area contributed by atoms with Crippen molar-refractivity contribution in [2.45, 2.75) is 17.2 Å². The molecular weight excluding hydrogens is 286 g/mol. The van der Waals surface area contributed by atoms with Crippen molar-refractivity contribution in [3.8, 4) is 5.75 Å². The van der Waals surface area contributed by atoms with Crippen LogP contribution in [0.15, 0.2) is 47.4 Å². The van der Waals surface area contributed by atoms with Gasteiger partial charge >= 0.3 is 0 Å². The van der Waals surface area contributed by atoms with E-state index in [0.717, 1.165) is 12.0 Å². The third kappa shape index (κ3) is 2.49. The summed E-state index contributed by atoms with van der Waals surface area (Å²) in [6.07, 6.45) is 0.805. The zero-order chi connectivity index (χ0) is 15.0. The van der Waals surface area contributed by atoms with E-state index in [-0.39, 0.29) is 22.3 Å². The normalized spacial score (nSPS) is 16.9. The molecule has 0 saturated carbocycles. The van der Waals surface area contributed by atoms with E-state index in [0.29, 0.717) is 5.75 Å². The number of nitrogens with two attached hydrogens (primary N) is 1. The molecule has 2 aromatic carbocycles. The summed E-state index contributed by atoms with van der Waals surface area (Å²) in [5, 5.41) is 0. The van der Waals surface area contributed by atoms with Crippen LogP contribution in [0.2, 0.25) is 0 Å². The highest BCUT2D eigenvalue weighted by Crippen LogP contribution is 2.37. The molecular formula is C16H17NO3S. The molecule has 3 rings (SSSR count). The van der Waals surface area contributed by atoms with E-state index in [2.05, 4.69) is 0 Å². The summed E-state index contributed by atoms with van der Waals surface area (Å²) < 4.78 is 30.3. The van der Waals surface area contributed by atoms with Crippen molar-refractivity contribution in [3.63, 3.8) is 0 Å². The maximum absolute atomic E-state index is 12.6. The Morgan fingerprint density at radius 2 is 2.00 bits per heavy atom. The third-order valence-electron chi connectivity index (χ3n) is 3.94. The van der Waals surface area contributed by atoms with Crippen LogP contribution in [0.25, 0.3) is 0 Å². The van der Waals surface area contributed by atoms with E-state index in [4.69, 9.17) is 10.5 Å². The lowest BCUT2D eigenvalue weighted by Gasteiger charge is -2.29. The molecule has 21 heavy (non-hydrogen) atoms. The Labute approximate surface area is 124 Å². The summed E-state index contributed by atoms with van der Waals surface area (Å²) in [6.45, 7) is 0. The van der Waals surface area contributed by atoms with Gasteiger partial charge in [-0.15, -0.1) is 0 Å². The van der Waals surface area contributed by atoms with Crippen LogP contribution in [0.3, 0.4) is 0 Å². The van der Waals surface area contributed by atoms with Gasteiger partial charge in [-0.2, -0.15) is 0 Å². The number of benzene rings is 2. The Morgan fingerprint density at radius 3 is 2.71 bits per heavy atom. The predicted octanol–water partition coefficient (Wildman–Crippen LogP) is 2.39. The average molecular weight is 303 g/mol. The number of ether oxygens (including phenoxy) is 1. The second-order valence-electron chi connectivity index (χ2n) is 5.29. The molecule has 0 heterocycles. The molecule has 0 fully saturated rings. The van der Waals surface area contributed by atoms with Crippen LogP contribution in [0.4, 0.5) is 5.69 Å². The number of rotatable bonds is 4. The third-order valence-corrected chi connectivity index (χ3v) is 5.80. The summed E-state index contributed by atoms with van der Waals surface area (Å²) in [5.74, 6) is 0.634. The zero-order valence-electron chi connectivity index (χ0n) is 11.7. The Hall–Kier alpha value is -2.01. The molecule has 0 aliphatic heterocycles. The lowest BCUT2D eigenvalue weighted by atomic mass is 9.79. The van der Waals surface area contributed by atoms with Gasteiger partial charge in [0, 0.05) is 12.0 Å². The maximum Gasteiger partial charge on any atom is 0.181 e. The van der Waals surface area contributed by atoms with Gasteiger partial charge in [-0.3, -0.25) is 0 Å². The van der Waals surface area contributed by atoms with Crippen molar-refractivity contribution in [2.24, 2.45) is 0 Å². The van der Waals surface area contributed by atoms with Crippen molar-refractivity contribution in [2.75, 3.05) is 18.6 Å². The van der Waals surface area contributed by atoms with Crippen LogP contribution in [0.1, 0.15) is 17.0 Å². The summed E-state index contributed by atoms with van der Waals surface area (Å²) in [6, 6.07) is 12.7. The van der Waals surface area contributed by atoms with Gasteiger partial charge in [0.05, 0.1) is 23.4 Å². The lowest BCUT2D eigenvalue weighted by molar-refractivity contribution is 0.413. The van der Waals surface area contributed by atoms with Crippen LogP contribution in [-0.2, 0) is 16.3 Å². The summed E-state index contributed by atoms with van der Waals surface area (Å²) in [4.78, 5) is 0.159. The standard InChI is InChI=1S/C16H17NO3S/c1-20-13-6-7-15(17)16(9-13)21(18,19)10-12-8-11-4-2-3-5-14(11)12/h2-7,9,12H,8,10,17H2,1H3. The van der Waals surface area contributed by atoms with Gasteiger partial charge in [0.15, 0.2) is 9.84 Å². The number of hydrogen-bond acceptors (Lipinski definition) is 4. The monoisotopic (exact) mass is 303 g/mol. The molecule has 2 N–H and O–H groups in total. The van der Waals surface area contributed by atoms with Crippen molar-refractivity contribution in [1.29, 1.82) is 0 Å². The topological polar surface area (TPSA) is 69.4 Å². The smallest absolute Gasteiger partial charge is 0.181 e. The Morgan fingerprint density at radius 1 is 1.24 bits per heavy atom. The molecule has 110 valence electrons. The molecule has 1 aliphatic rings. The van der Waals surface area contributed by atoms with Crippen LogP contribution < -0.4 is 10.5 Å². The number of fused-ring (bicyclic) bond motifs is 1. The lowest BCUT2D eigenvalue weighted by Crippen LogP contribution is -2.25. The first-order chi connectivity index (χ1) is 10.0. The minimum atomic E-state index is -3.43. The highest BCUT2D eigenvalue weighted by Gasteiger charge is 2.31. The van der Waals surface area contributed by atoms with Crippen LogP contribution >= 0.6 is 0 Å². The fraction of sp³-hybridized carbons (Fsp3) is 0.250. The van der Waals surface area contributed by atoms with Crippen LogP contribution in [-0.4, -0.2) is 21.3 Å². The molecule has 0 bridgehead atoms. The van der Waals surface area contributed by atoms with Crippen molar-refractivity contribution < 1.29 is 13.2 Å². The number of anilines is 1. The van der Waals surface area contributed by atoms with Crippen molar-refractivity contribution >= 4 is 15.5 Å². The zero-order valence-corrected chi connectivity index (χ0v) is 12.6. The van der Waals surface area contributed by atoms with Gasteiger partial charge < -0.3 is 10.5 Å². The van der Waals surface area contributed by atoms with Gasteiger partial charge in [0.1, 0.15) is 5.75 Å². The molecule has 0 amide bonds. The van der Waals surface area contributed by atoms with Crippen molar-refractivity contribution in [3.05, 3.63) is 53.6 Å². The van der Waals surface area contributed by atoms with E-state index >= 15 is 0 Å². The molecule has 5 heteroatoms. The first-order valence-electron chi connectivity index (χ1n) is 6.75. The Kier molecular flexibility index (Phi) is 3.37. The molecule has 1 atom stereocenters. The first-order valence-corrected chi connectivity index (χ1v) is 8.40. The second-order valence-corrected chi connectivity index (χ2v) is 7.29. The Balaban J connectivity index is 1.89. The maximum atomic E-state index is 12.6. The number of nitrogen functional groups attached to an aromatic ring is 1. The molecule has 2 aromatic rings. The minimum absolute atomic E-state index is 0.0526. The van der Waals surface area contributed by atoms with Gasteiger partial charge in [-0.1, -0.05) is 24.3 Å². The molecule has 1 aliphatic carbocycles. The highest BCUT2D eigenvalue weighted by molar-refractivity contribution is 7.91.